The van der Waals surface area contributed by atoms with Gasteiger partial charge in [-0.1, -0.05) is 0 Å². The summed E-state index contributed by atoms with van der Waals surface area (Å²) >= 11 is 0. The van der Waals surface area contributed by atoms with Gasteiger partial charge in [-0.2, -0.15) is 0 Å². The van der Waals surface area contributed by atoms with Gasteiger partial charge >= 0.3 is 0 Å². The van der Waals surface area contributed by atoms with Gasteiger partial charge in [0.2, 0.25) is 11.8 Å². The van der Waals surface area contributed by atoms with Gasteiger partial charge in [-0.25, -0.2) is 4.98 Å². The van der Waals surface area contributed by atoms with Gasteiger partial charge < -0.3 is 15.1 Å². The molecule has 1 aromatic heterocycles. The molecule has 2 N–H and O–H groups in total. The zero-order valence-electron chi connectivity index (χ0n) is 10.0. The summed E-state index contributed by atoms with van der Waals surface area (Å²) in [5.74, 6) is 1.52. The average Bonchev–Trinajstić information content (AvgIpc) is 2.65. The Labute approximate surface area is 95.6 Å². The molecule has 0 radical (unpaired) electrons. The molecule has 0 aliphatic rings. The molecule has 0 spiro atoms. The number of hydrogen-bond donors (Lipinski definition) is 2. The maximum atomic E-state index is 11.2. The van der Waals surface area contributed by atoms with Gasteiger partial charge in [-0.15, -0.1) is 0 Å². The zero-order valence-corrected chi connectivity index (χ0v) is 10.0. The lowest BCUT2D eigenvalue weighted by molar-refractivity contribution is -0.120. The SMILES string of the molecule is CCNC(=O)CCNC(C)c1ncc(C)o1. The Morgan fingerprint density at radius 2 is 2.38 bits per heavy atom. The molecule has 1 aromatic rings. The molecular weight excluding hydrogens is 206 g/mol. The lowest BCUT2D eigenvalue weighted by atomic mass is 10.3. The fourth-order valence-electron chi connectivity index (χ4n) is 1.35. The van der Waals surface area contributed by atoms with Gasteiger partial charge in [0, 0.05) is 19.5 Å². The van der Waals surface area contributed by atoms with Crippen LogP contribution in [0.3, 0.4) is 0 Å². The molecule has 0 saturated carbocycles. The summed E-state index contributed by atoms with van der Waals surface area (Å²) in [5.41, 5.74) is 0. The van der Waals surface area contributed by atoms with Crippen molar-refractivity contribution in [1.82, 2.24) is 15.6 Å². The van der Waals surface area contributed by atoms with Crippen molar-refractivity contribution in [3.8, 4) is 0 Å². The molecule has 90 valence electrons. The van der Waals surface area contributed by atoms with Crippen molar-refractivity contribution in [3.63, 3.8) is 0 Å². The van der Waals surface area contributed by atoms with E-state index in [1.807, 2.05) is 20.8 Å². The summed E-state index contributed by atoms with van der Waals surface area (Å²) < 4.78 is 5.38. The summed E-state index contributed by atoms with van der Waals surface area (Å²) in [6, 6.07) is 0.0307. The molecule has 0 bridgehead atoms. The molecule has 0 aromatic carbocycles. The van der Waals surface area contributed by atoms with Crippen LogP contribution >= 0.6 is 0 Å². The first-order valence-corrected chi connectivity index (χ1v) is 5.56. The molecule has 0 fully saturated rings. The normalized spacial score (nSPS) is 12.4. The largest absolute Gasteiger partial charge is 0.444 e. The Kier molecular flexibility index (Phi) is 4.98. The lowest BCUT2D eigenvalue weighted by Crippen LogP contribution is -2.28. The third-order valence-electron chi connectivity index (χ3n) is 2.19. The van der Waals surface area contributed by atoms with E-state index in [9.17, 15) is 4.79 Å². The number of aryl methyl sites for hydroxylation is 1. The summed E-state index contributed by atoms with van der Waals surface area (Å²) in [6.45, 7) is 7.02. The minimum atomic E-state index is 0.0307. The first-order chi connectivity index (χ1) is 7.63. The van der Waals surface area contributed by atoms with Crippen LogP contribution in [0, 0.1) is 6.92 Å². The van der Waals surface area contributed by atoms with E-state index < -0.39 is 0 Å². The highest BCUT2D eigenvalue weighted by molar-refractivity contribution is 5.75. The van der Waals surface area contributed by atoms with Gasteiger partial charge in [0.25, 0.3) is 0 Å². The molecule has 1 amide bonds. The third kappa shape index (κ3) is 4.02. The molecule has 0 saturated heterocycles. The highest BCUT2D eigenvalue weighted by Gasteiger charge is 2.10. The second-order valence-electron chi connectivity index (χ2n) is 3.69. The first-order valence-electron chi connectivity index (χ1n) is 5.56. The summed E-state index contributed by atoms with van der Waals surface area (Å²) in [6.07, 6.45) is 2.16. The van der Waals surface area contributed by atoms with Crippen molar-refractivity contribution in [2.45, 2.75) is 33.2 Å². The van der Waals surface area contributed by atoms with Crippen LogP contribution in [0.4, 0.5) is 0 Å². The number of oxazole rings is 1. The number of nitrogens with zero attached hydrogens (tertiary/aromatic N) is 1. The molecule has 1 unspecified atom stereocenters. The lowest BCUT2D eigenvalue weighted by Gasteiger charge is -2.09. The summed E-state index contributed by atoms with van der Waals surface area (Å²) in [5, 5.41) is 5.93. The van der Waals surface area contributed by atoms with Crippen molar-refractivity contribution >= 4 is 5.91 Å². The van der Waals surface area contributed by atoms with Gasteiger partial charge in [0.15, 0.2) is 0 Å². The smallest absolute Gasteiger partial charge is 0.221 e. The minimum Gasteiger partial charge on any atom is -0.444 e. The molecule has 5 heteroatoms. The Bertz CT molecular complexity index is 336. The predicted molar refractivity (Wildman–Crippen MR) is 61.0 cm³/mol. The first kappa shape index (κ1) is 12.7. The third-order valence-corrected chi connectivity index (χ3v) is 2.19. The van der Waals surface area contributed by atoms with Gasteiger partial charge in [-0.05, 0) is 20.8 Å². The molecular formula is C11H19N3O2. The number of rotatable bonds is 6. The Morgan fingerprint density at radius 1 is 1.62 bits per heavy atom. The second-order valence-corrected chi connectivity index (χ2v) is 3.69. The van der Waals surface area contributed by atoms with Crippen LogP contribution in [-0.4, -0.2) is 24.0 Å². The van der Waals surface area contributed by atoms with Crippen LogP contribution < -0.4 is 10.6 Å². The topological polar surface area (TPSA) is 67.2 Å². The molecule has 16 heavy (non-hydrogen) atoms. The quantitative estimate of drug-likeness (QED) is 0.762. The molecule has 1 heterocycles. The number of aromatic nitrogens is 1. The molecule has 0 aliphatic heterocycles. The molecule has 1 atom stereocenters. The van der Waals surface area contributed by atoms with Gasteiger partial charge in [0.1, 0.15) is 5.76 Å². The van der Waals surface area contributed by atoms with Gasteiger partial charge in [-0.3, -0.25) is 4.79 Å². The highest BCUT2D eigenvalue weighted by Crippen LogP contribution is 2.11. The van der Waals surface area contributed by atoms with Crippen LogP contribution in [0.1, 0.15) is 38.0 Å². The minimum absolute atomic E-state index is 0.0307. The fraction of sp³-hybridized carbons (Fsp3) is 0.636. The summed E-state index contributed by atoms with van der Waals surface area (Å²) in [4.78, 5) is 15.3. The number of amides is 1. The molecule has 0 aliphatic carbocycles. The van der Waals surface area contributed by atoms with Crippen molar-refractivity contribution in [3.05, 3.63) is 17.8 Å². The van der Waals surface area contributed by atoms with E-state index in [2.05, 4.69) is 15.6 Å². The monoisotopic (exact) mass is 225 g/mol. The van der Waals surface area contributed by atoms with Crippen LogP contribution in [0.5, 0.6) is 0 Å². The highest BCUT2D eigenvalue weighted by atomic mass is 16.4. The second kappa shape index (κ2) is 6.27. The summed E-state index contributed by atoms with van der Waals surface area (Å²) in [7, 11) is 0. The van der Waals surface area contributed by atoms with Crippen LogP contribution in [0.2, 0.25) is 0 Å². The van der Waals surface area contributed by atoms with Gasteiger partial charge in [0.05, 0.1) is 12.2 Å². The van der Waals surface area contributed by atoms with Crippen molar-refractivity contribution in [2.24, 2.45) is 0 Å². The number of nitrogens with one attached hydrogen (secondary N) is 2. The van der Waals surface area contributed by atoms with Crippen LogP contribution in [0.25, 0.3) is 0 Å². The van der Waals surface area contributed by atoms with Crippen molar-refractivity contribution < 1.29 is 9.21 Å². The molecule has 5 nitrogen and oxygen atoms in total. The Hall–Kier alpha value is -1.36. The molecule has 1 rings (SSSR count). The van der Waals surface area contributed by atoms with Crippen LogP contribution in [-0.2, 0) is 4.79 Å². The Morgan fingerprint density at radius 3 is 2.94 bits per heavy atom. The van der Waals surface area contributed by atoms with E-state index >= 15 is 0 Å². The predicted octanol–water partition coefficient (Wildman–Crippen LogP) is 1.16. The average molecular weight is 225 g/mol. The maximum Gasteiger partial charge on any atom is 0.221 e. The zero-order chi connectivity index (χ0) is 12.0. The maximum absolute atomic E-state index is 11.2. The van der Waals surface area contributed by atoms with E-state index in [0.29, 0.717) is 25.4 Å². The number of carbonyl (C=O) groups is 1. The van der Waals surface area contributed by atoms with Crippen LogP contribution in [0.15, 0.2) is 10.6 Å². The number of carbonyl (C=O) groups excluding carboxylic acids is 1. The number of hydrogen-bond acceptors (Lipinski definition) is 4. The van der Waals surface area contributed by atoms with Crippen molar-refractivity contribution in [2.75, 3.05) is 13.1 Å². The standard InChI is InChI=1S/C11H19N3O2/c1-4-12-10(15)5-6-13-9(3)11-14-7-8(2)16-11/h7,9,13H,4-6H2,1-3H3,(H,12,15). The van der Waals surface area contributed by atoms with E-state index in [0.717, 1.165) is 5.76 Å². The Balaban J connectivity index is 2.25. The van der Waals surface area contributed by atoms with E-state index in [1.54, 1.807) is 6.20 Å². The fourth-order valence-corrected chi connectivity index (χ4v) is 1.35. The van der Waals surface area contributed by atoms with Crippen molar-refractivity contribution in [1.29, 1.82) is 0 Å². The van der Waals surface area contributed by atoms with E-state index in [4.69, 9.17) is 4.42 Å². The van der Waals surface area contributed by atoms with E-state index in [1.165, 1.54) is 0 Å². The van der Waals surface area contributed by atoms with E-state index in [-0.39, 0.29) is 11.9 Å².